The number of hydrogen-bond donors (Lipinski definition) is 2. The number of hydrogen-bond acceptors (Lipinski definition) is 5. The van der Waals surface area contributed by atoms with Crippen molar-refractivity contribution in [3.8, 4) is 11.5 Å². The number of methoxy groups -OCH3 is 1. The van der Waals surface area contributed by atoms with Crippen LogP contribution in [-0.4, -0.2) is 25.1 Å². The van der Waals surface area contributed by atoms with Crippen molar-refractivity contribution in [1.82, 2.24) is 5.43 Å². The van der Waals surface area contributed by atoms with Crippen LogP contribution in [0.1, 0.15) is 22.3 Å². The number of benzene rings is 3. The monoisotopic (exact) mass is 483 g/mol. The van der Waals surface area contributed by atoms with Crippen LogP contribution in [0.3, 0.4) is 0 Å². The number of ether oxygens (including phenoxy) is 2. The molecule has 2 amide bonds. The Hall–Kier alpha value is -3.91. The summed E-state index contributed by atoms with van der Waals surface area (Å²) in [6.07, 6.45) is 1.35. The highest BCUT2D eigenvalue weighted by Gasteiger charge is 2.14. The quantitative estimate of drug-likeness (QED) is 0.288. The van der Waals surface area contributed by atoms with Crippen molar-refractivity contribution < 1.29 is 23.5 Å². The standard InChI is InChI=1S/C25H23ClFN3O4/c1-15-7-9-18(11-16(15)2)29-24(31)25(32)30-28-13-17-8-10-22(23(12-17)33-3)34-14-19-20(26)5-4-6-21(19)27/h4-13H,14H2,1-3H3,(H,29,31)(H,30,32). The van der Waals surface area contributed by atoms with E-state index in [0.717, 1.165) is 11.1 Å². The van der Waals surface area contributed by atoms with E-state index in [1.807, 2.05) is 19.9 Å². The molecule has 0 heterocycles. The number of carbonyl (C=O) groups excluding carboxylic acids is 2. The second-order valence-corrected chi connectivity index (χ2v) is 7.76. The number of nitrogens with zero attached hydrogens (tertiary/aromatic N) is 1. The Morgan fingerprint density at radius 3 is 2.53 bits per heavy atom. The zero-order chi connectivity index (χ0) is 24.7. The summed E-state index contributed by atoms with van der Waals surface area (Å²) in [5.41, 5.74) is 5.58. The van der Waals surface area contributed by atoms with Gasteiger partial charge in [-0.25, -0.2) is 9.82 Å². The van der Waals surface area contributed by atoms with Gasteiger partial charge in [-0.3, -0.25) is 9.59 Å². The summed E-state index contributed by atoms with van der Waals surface area (Å²) in [5.74, 6) is -1.48. The van der Waals surface area contributed by atoms with Gasteiger partial charge in [0.15, 0.2) is 11.5 Å². The van der Waals surface area contributed by atoms with Crippen LogP contribution in [-0.2, 0) is 16.2 Å². The van der Waals surface area contributed by atoms with Crippen LogP contribution in [0.5, 0.6) is 11.5 Å². The molecule has 0 aromatic heterocycles. The molecular formula is C25H23ClFN3O4. The summed E-state index contributed by atoms with van der Waals surface area (Å²) in [7, 11) is 1.46. The Kier molecular flexibility index (Phi) is 8.21. The summed E-state index contributed by atoms with van der Waals surface area (Å²) in [5, 5.41) is 6.59. The highest BCUT2D eigenvalue weighted by Crippen LogP contribution is 2.29. The zero-order valence-corrected chi connectivity index (χ0v) is 19.6. The molecule has 0 bridgehead atoms. The van der Waals surface area contributed by atoms with Crippen LogP contribution in [0.2, 0.25) is 5.02 Å². The van der Waals surface area contributed by atoms with Crippen LogP contribution in [0.4, 0.5) is 10.1 Å². The third kappa shape index (κ3) is 6.32. The van der Waals surface area contributed by atoms with Gasteiger partial charge in [0.05, 0.1) is 18.3 Å². The second kappa shape index (κ2) is 11.3. The van der Waals surface area contributed by atoms with Crippen LogP contribution in [0.15, 0.2) is 59.7 Å². The highest BCUT2D eigenvalue weighted by atomic mass is 35.5. The molecule has 0 fully saturated rings. The molecule has 176 valence electrons. The minimum absolute atomic E-state index is 0.0824. The molecule has 0 aliphatic rings. The molecule has 3 aromatic rings. The van der Waals surface area contributed by atoms with Crippen molar-refractivity contribution >= 4 is 35.3 Å². The molecule has 34 heavy (non-hydrogen) atoms. The van der Waals surface area contributed by atoms with Crippen LogP contribution < -0.4 is 20.2 Å². The number of carbonyl (C=O) groups is 2. The topological polar surface area (TPSA) is 89.0 Å². The Morgan fingerprint density at radius 2 is 1.82 bits per heavy atom. The van der Waals surface area contributed by atoms with Crippen molar-refractivity contribution in [1.29, 1.82) is 0 Å². The summed E-state index contributed by atoms with van der Waals surface area (Å²) in [6.45, 7) is 3.78. The summed E-state index contributed by atoms with van der Waals surface area (Å²) < 4.78 is 24.9. The van der Waals surface area contributed by atoms with Gasteiger partial charge in [0.2, 0.25) is 0 Å². The van der Waals surface area contributed by atoms with Gasteiger partial charge in [0, 0.05) is 11.3 Å². The average molecular weight is 484 g/mol. The first-order valence-corrected chi connectivity index (χ1v) is 10.6. The molecule has 0 radical (unpaired) electrons. The Balaban J connectivity index is 1.59. The summed E-state index contributed by atoms with van der Waals surface area (Å²) in [6, 6.07) is 14.6. The molecule has 0 unspecified atom stereocenters. The number of aryl methyl sites for hydroxylation is 2. The molecule has 3 rings (SSSR count). The predicted octanol–water partition coefficient (Wildman–Crippen LogP) is 4.77. The third-order valence-corrected chi connectivity index (χ3v) is 5.33. The van der Waals surface area contributed by atoms with Crippen molar-refractivity contribution in [2.75, 3.05) is 12.4 Å². The molecule has 0 aliphatic carbocycles. The molecule has 9 heteroatoms. The molecule has 0 saturated carbocycles. The minimum Gasteiger partial charge on any atom is -0.493 e. The molecule has 0 spiro atoms. The molecule has 7 nitrogen and oxygen atoms in total. The van der Waals surface area contributed by atoms with E-state index in [1.165, 1.54) is 25.5 Å². The molecule has 0 aliphatic heterocycles. The lowest BCUT2D eigenvalue weighted by Crippen LogP contribution is -2.32. The number of anilines is 1. The predicted molar refractivity (Wildman–Crippen MR) is 129 cm³/mol. The Morgan fingerprint density at radius 1 is 1.03 bits per heavy atom. The largest absolute Gasteiger partial charge is 0.493 e. The number of nitrogens with one attached hydrogen (secondary N) is 2. The van der Waals surface area contributed by atoms with E-state index in [2.05, 4.69) is 15.8 Å². The molecular weight excluding hydrogens is 461 g/mol. The van der Waals surface area contributed by atoms with E-state index < -0.39 is 17.6 Å². The highest BCUT2D eigenvalue weighted by molar-refractivity contribution is 6.39. The van der Waals surface area contributed by atoms with Gasteiger partial charge in [-0.1, -0.05) is 23.7 Å². The lowest BCUT2D eigenvalue weighted by Gasteiger charge is -2.12. The van der Waals surface area contributed by atoms with Gasteiger partial charge in [-0.15, -0.1) is 0 Å². The van der Waals surface area contributed by atoms with E-state index in [9.17, 15) is 14.0 Å². The third-order valence-electron chi connectivity index (χ3n) is 4.97. The summed E-state index contributed by atoms with van der Waals surface area (Å²) >= 11 is 6.03. The van der Waals surface area contributed by atoms with E-state index in [0.29, 0.717) is 22.7 Å². The SMILES string of the molecule is COc1cc(C=NNC(=O)C(=O)Nc2ccc(C)c(C)c2)ccc1OCc1c(F)cccc1Cl. The van der Waals surface area contributed by atoms with E-state index >= 15 is 0 Å². The number of amides is 2. The lowest BCUT2D eigenvalue weighted by atomic mass is 10.1. The van der Waals surface area contributed by atoms with Gasteiger partial charge in [0.1, 0.15) is 12.4 Å². The van der Waals surface area contributed by atoms with E-state index in [-0.39, 0.29) is 17.2 Å². The van der Waals surface area contributed by atoms with Crippen molar-refractivity contribution in [2.24, 2.45) is 5.10 Å². The van der Waals surface area contributed by atoms with E-state index in [1.54, 1.807) is 36.4 Å². The Bertz CT molecular complexity index is 1230. The maximum absolute atomic E-state index is 13.9. The first kappa shape index (κ1) is 24.7. The molecule has 3 aromatic carbocycles. The number of hydrazone groups is 1. The van der Waals surface area contributed by atoms with Crippen molar-refractivity contribution in [3.63, 3.8) is 0 Å². The fourth-order valence-electron chi connectivity index (χ4n) is 2.93. The maximum atomic E-state index is 13.9. The van der Waals surface area contributed by atoms with Gasteiger partial charge in [-0.05, 0) is 73.0 Å². The van der Waals surface area contributed by atoms with E-state index in [4.69, 9.17) is 21.1 Å². The molecule has 0 saturated heterocycles. The van der Waals surface area contributed by atoms with Gasteiger partial charge in [0.25, 0.3) is 0 Å². The maximum Gasteiger partial charge on any atom is 0.329 e. The average Bonchev–Trinajstić information content (AvgIpc) is 2.81. The first-order valence-electron chi connectivity index (χ1n) is 10.2. The fraction of sp³-hybridized carbons (Fsp3) is 0.160. The van der Waals surface area contributed by atoms with Gasteiger partial charge in [-0.2, -0.15) is 5.10 Å². The van der Waals surface area contributed by atoms with Crippen LogP contribution in [0, 0.1) is 19.7 Å². The minimum atomic E-state index is -0.914. The normalized spacial score (nSPS) is 10.7. The first-order chi connectivity index (χ1) is 16.3. The lowest BCUT2D eigenvalue weighted by molar-refractivity contribution is -0.136. The van der Waals surface area contributed by atoms with Crippen LogP contribution in [0.25, 0.3) is 0 Å². The zero-order valence-electron chi connectivity index (χ0n) is 18.8. The smallest absolute Gasteiger partial charge is 0.329 e. The number of halogens is 2. The molecule has 0 atom stereocenters. The van der Waals surface area contributed by atoms with Crippen molar-refractivity contribution in [3.05, 3.63) is 87.7 Å². The summed E-state index contributed by atoms with van der Waals surface area (Å²) in [4.78, 5) is 24.1. The molecule has 2 N–H and O–H groups in total. The van der Waals surface area contributed by atoms with Crippen LogP contribution >= 0.6 is 11.6 Å². The fourth-order valence-corrected chi connectivity index (χ4v) is 3.14. The second-order valence-electron chi connectivity index (χ2n) is 7.35. The van der Waals surface area contributed by atoms with Crippen molar-refractivity contribution in [2.45, 2.75) is 20.5 Å². The number of rotatable bonds is 7. The van der Waals surface area contributed by atoms with Gasteiger partial charge >= 0.3 is 11.8 Å². The van der Waals surface area contributed by atoms with Gasteiger partial charge < -0.3 is 14.8 Å². The Labute approximate surface area is 201 Å².